The summed E-state index contributed by atoms with van der Waals surface area (Å²) in [5, 5.41) is 51.2. The average molecular weight is 442 g/mol. The number of hydrogen-bond donors (Lipinski definition) is 6. The first kappa shape index (κ1) is 22.2. The van der Waals surface area contributed by atoms with Crippen molar-refractivity contribution in [2.24, 2.45) is 5.84 Å². The van der Waals surface area contributed by atoms with E-state index in [2.05, 4.69) is 15.0 Å². The maximum absolute atomic E-state index is 10.8. The van der Waals surface area contributed by atoms with Crippen molar-refractivity contribution in [3.05, 3.63) is 12.7 Å². The predicted octanol–water partition coefficient (Wildman–Crippen LogP) is -3.40. The Balaban J connectivity index is 1.70. The Hall–Kier alpha value is -2.01. The molecule has 0 spiro atoms. The number of methoxy groups -OCH3 is 1. The van der Waals surface area contributed by atoms with Gasteiger partial charge in [0, 0.05) is 7.11 Å². The van der Waals surface area contributed by atoms with Gasteiger partial charge in [-0.05, 0) is 6.92 Å². The van der Waals surface area contributed by atoms with Crippen LogP contribution in [0.4, 0.5) is 5.82 Å². The number of ether oxygens (including phenoxy) is 3. The highest BCUT2D eigenvalue weighted by Gasteiger charge is 2.53. The van der Waals surface area contributed by atoms with E-state index in [1.165, 1.54) is 31.3 Å². The summed E-state index contributed by atoms with van der Waals surface area (Å²) >= 11 is 0. The van der Waals surface area contributed by atoms with Crippen molar-refractivity contribution < 1.29 is 39.7 Å². The Labute approximate surface area is 176 Å². The third-order valence-corrected chi connectivity index (χ3v) is 5.81. The number of hydrogen-bond acceptors (Lipinski definition) is 13. The molecule has 172 valence electrons. The molecular formula is C17H26N6O8. The molecule has 0 amide bonds. The third-order valence-electron chi connectivity index (χ3n) is 5.81. The molecular weight excluding hydrogens is 416 g/mol. The molecule has 8 atom stereocenters. The van der Waals surface area contributed by atoms with Gasteiger partial charge in [0.1, 0.15) is 42.4 Å². The highest BCUT2D eigenvalue weighted by molar-refractivity contribution is 5.83. The molecule has 31 heavy (non-hydrogen) atoms. The molecule has 0 saturated carbocycles. The summed E-state index contributed by atoms with van der Waals surface area (Å²) in [4.78, 5) is 12.6. The van der Waals surface area contributed by atoms with Crippen molar-refractivity contribution in [1.82, 2.24) is 19.5 Å². The van der Waals surface area contributed by atoms with Gasteiger partial charge in [-0.1, -0.05) is 0 Å². The number of rotatable bonds is 6. The van der Waals surface area contributed by atoms with Crippen LogP contribution in [0.25, 0.3) is 11.2 Å². The molecule has 0 aliphatic carbocycles. The fourth-order valence-electron chi connectivity index (χ4n) is 4.06. The first-order valence-electron chi connectivity index (χ1n) is 9.61. The van der Waals surface area contributed by atoms with E-state index in [9.17, 15) is 25.5 Å². The second-order valence-electron chi connectivity index (χ2n) is 7.75. The van der Waals surface area contributed by atoms with Crippen molar-refractivity contribution in [2.45, 2.75) is 55.5 Å². The van der Waals surface area contributed by atoms with Crippen LogP contribution in [0.3, 0.4) is 0 Å². The van der Waals surface area contributed by atoms with Gasteiger partial charge in [-0.2, -0.15) is 0 Å². The minimum atomic E-state index is -1.73. The number of aliphatic hydroxyl groups is 5. The van der Waals surface area contributed by atoms with E-state index < -0.39 is 61.8 Å². The molecule has 4 rings (SSSR count). The number of aromatic nitrogens is 4. The average Bonchev–Trinajstić information content (AvgIpc) is 3.39. The number of fused-ring (bicyclic) bond motifs is 1. The van der Waals surface area contributed by atoms with Gasteiger partial charge < -0.3 is 39.7 Å². The summed E-state index contributed by atoms with van der Waals surface area (Å²) in [6.07, 6.45) is -4.70. The number of hydrazine groups is 1. The van der Waals surface area contributed by atoms with Crippen LogP contribution < -0.4 is 10.9 Å². The molecule has 0 bridgehead atoms. The first-order chi connectivity index (χ1) is 14.8. The smallest absolute Gasteiger partial charge is 0.176 e. The van der Waals surface area contributed by atoms with Crippen molar-refractivity contribution in [3.8, 4) is 0 Å². The molecule has 2 saturated heterocycles. The van der Waals surface area contributed by atoms with Gasteiger partial charge in [0.15, 0.2) is 29.4 Å². The van der Waals surface area contributed by atoms with Gasteiger partial charge in [0.25, 0.3) is 0 Å². The summed E-state index contributed by atoms with van der Waals surface area (Å²) in [5.41, 5.74) is -1.27. The fraction of sp³-hybridized carbons (Fsp3) is 0.706. The summed E-state index contributed by atoms with van der Waals surface area (Å²) in [6, 6.07) is 0. The second kappa shape index (κ2) is 8.16. The van der Waals surface area contributed by atoms with Crippen LogP contribution in [0.5, 0.6) is 0 Å². The van der Waals surface area contributed by atoms with E-state index in [0.29, 0.717) is 0 Å². The molecule has 2 aromatic heterocycles. The topological polar surface area (TPSA) is 202 Å². The van der Waals surface area contributed by atoms with Gasteiger partial charge in [-0.3, -0.25) is 9.58 Å². The van der Waals surface area contributed by atoms with Crippen molar-refractivity contribution in [1.29, 1.82) is 0 Å². The maximum atomic E-state index is 10.8. The minimum Gasteiger partial charge on any atom is -0.394 e. The highest BCUT2D eigenvalue weighted by atomic mass is 16.6. The molecule has 2 aliphatic rings. The van der Waals surface area contributed by atoms with Crippen LogP contribution in [0.1, 0.15) is 13.2 Å². The third kappa shape index (κ3) is 3.36. The zero-order chi connectivity index (χ0) is 22.5. The summed E-state index contributed by atoms with van der Waals surface area (Å²) in [7, 11) is 1.38. The molecule has 4 heterocycles. The number of imidazole rings is 1. The van der Waals surface area contributed by atoms with E-state index in [-0.39, 0.29) is 17.0 Å². The summed E-state index contributed by atoms with van der Waals surface area (Å²) < 4.78 is 18.0. The Morgan fingerprint density at radius 1 is 1.19 bits per heavy atom. The molecule has 0 aromatic carbocycles. The normalized spacial score (nSPS) is 38.3. The fourth-order valence-corrected chi connectivity index (χ4v) is 4.06. The van der Waals surface area contributed by atoms with Gasteiger partial charge in [-0.15, -0.1) is 0 Å². The van der Waals surface area contributed by atoms with Crippen LogP contribution in [-0.2, 0) is 14.2 Å². The quantitative estimate of drug-likeness (QED) is 0.191. The number of aliphatic hydroxyl groups excluding tert-OH is 4. The SMILES string of the molecule is CO[C@H]1C(N(N)c2ncnc3c2ncn3[C@@H]2O[C@H](CO)[C@@H](O)[C@@]2(C)O)O[C@H](CO)[C@H]1O. The molecule has 14 heteroatoms. The Bertz CT molecular complexity index is 927. The van der Waals surface area contributed by atoms with Crippen LogP contribution in [0.2, 0.25) is 0 Å². The van der Waals surface area contributed by atoms with Gasteiger partial charge in [0.05, 0.1) is 19.5 Å². The van der Waals surface area contributed by atoms with Gasteiger partial charge in [0.2, 0.25) is 0 Å². The maximum Gasteiger partial charge on any atom is 0.176 e. The van der Waals surface area contributed by atoms with Gasteiger partial charge in [-0.25, -0.2) is 20.8 Å². The van der Waals surface area contributed by atoms with E-state index in [1.807, 2.05) is 0 Å². The molecule has 1 unspecified atom stereocenters. The first-order valence-corrected chi connectivity index (χ1v) is 9.61. The molecule has 14 nitrogen and oxygen atoms in total. The summed E-state index contributed by atoms with van der Waals surface area (Å²) in [6.45, 7) is 0.470. The van der Waals surface area contributed by atoms with E-state index in [0.717, 1.165) is 5.01 Å². The van der Waals surface area contributed by atoms with Crippen LogP contribution in [-0.4, -0.2) is 108 Å². The van der Waals surface area contributed by atoms with Gasteiger partial charge >= 0.3 is 0 Å². The lowest BCUT2D eigenvalue weighted by atomic mass is 9.96. The largest absolute Gasteiger partial charge is 0.394 e. The lowest BCUT2D eigenvalue weighted by molar-refractivity contribution is -0.0950. The lowest BCUT2D eigenvalue weighted by Gasteiger charge is -2.28. The standard InChI is InChI=1S/C17H26N6O8/c1-17(28)12(27)8(4-25)31-16(17)22-6-21-9-13(22)19-5-20-14(9)23(18)15-11(29-2)10(26)7(3-24)30-15/h5-8,10-12,15-16,24-28H,3-4,18H2,1-2H3/t7-,8-,10-,11-,12-,15?,16-,17-/m1/s1. The zero-order valence-corrected chi connectivity index (χ0v) is 16.9. The second-order valence-corrected chi connectivity index (χ2v) is 7.75. The predicted molar refractivity (Wildman–Crippen MR) is 102 cm³/mol. The van der Waals surface area contributed by atoms with Crippen molar-refractivity contribution in [2.75, 3.05) is 25.3 Å². The zero-order valence-electron chi connectivity index (χ0n) is 16.9. The van der Waals surface area contributed by atoms with Crippen LogP contribution in [0, 0.1) is 0 Å². The highest BCUT2D eigenvalue weighted by Crippen LogP contribution is 2.40. The number of anilines is 1. The molecule has 0 radical (unpaired) electrons. The van der Waals surface area contributed by atoms with E-state index >= 15 is 0 Å². The van der Waals surface area contributed by atoms with Crippen LogP contribution in [0.15, 0.2) is 12.7 Å². The van der Waals surface area contributed by atoms with E-state index in [1.54, 1.807) is 0 Å². The van der Waals surface area contributed by atoms with Crippen LogP contribution >= 0.6 is 0 Å². The molecule has 2 fully saturated rings. The number of nitrogens with zero attached hydrogens (tertiary/aromatic N) is 5. The van der Waals surface area contributed by atoms with Crippen molar-refractivity contribution >= 4 is 17.0 Å². The van der Waals surface area contributed by atoms with Crippen molar-refractivity contribution in [3.63, 3.8) is 0 Å². The monoisotopic (exact) mass is 442 g/mol. The Kier molecular flexibility index (Phi) is 5.84. The lowest BCUT2D eigenvalue weighted by Crippen LogP contribution is -2.49. The Morgan fingerprint density at radius 2 is 1.90 bits per heavy atom. The van der Waals surface area contributed by atoms with E-state index in [4.69, 9.17) is 20.1 Å². The number of nitrogens with two attached hydrogens (primary N) is 1. The molecule has 7 N–H and O–H groups in total. The Morgan fingerprint density at radius 3 is 2.52 bits per heavy atom. The molecule has 2 aliphatic heterocycles. The molecule has 2 aromatic rings. The minimum absolute atomic E-state index is 0.137. The summed E-state index contributed by atoms with van der Waals surface area (Å²) in [5.74, 6) is 6.37.